The Labute approximate surface area is 113 Å². The van der Waals surface area contributed by atoms with Crippen LogP contribution in [0.15, 0.2) is 18.2 Å². The maximum atomic E-state index is 12.0. The zero-order valence-electron chi connectivity index (χ0n) is 11.0. The van der Waals surface area contributed by atoms with E-state index in [-0.39, 0.29) is 10.7 Å². The smallest absolute Gasteiger partial charge is 0.251 e. The summed E-state index contributed by atoms with van der Waals surface area (Å²) in [4.78, 5) is 12.0. The van der Waals surface area contributed by atoms with Crippen molar-refractivity contribution < 1.29 is 4.79 Å². The number of aryl methyl sites for hydroxylation is 1. The van der Waals surface area contributed by atoms with Crippen LogP contribution in [0.4, 0.5) is 5.69 Å². The quantitative estimate of drug-likeness (QED) is 0.825. The van der Waals surface area contributed by atoms with Crippen LogP contribution in [-0.2, 0) is 0 Å². The van der Waals surface area contributed by atoms with Gasteiger partial charge in [-0.3, -0.25) is 4.79 Å². The molecule has 1 heterocycles. The van der Waals surface area contributed by atoms with E-state index in [1.54, 1.807) is 6.07 Å². The van der Waals surface area contributed by atoms with E-state index in [9.17, 15) is 4.79 Å². The molecule has 0 aromatic heterocycles. The van der Waals surface area contributed by atoms with E-state index in [0.29, 0.717) is 11.3 Å². The monoisotopic (exact) mass is 264 g/mol. The molecule has 1 atom stereocenters. The molecule has 0 radical (unpaired) electrons. The lowest BCUT2D eigenvalue weighted by molar-refractivity contribution is 0.0950. The zero-order valence-corrected chi connectivity index (χ0v) is 11.8. The predicted molar refractivity (Wildman–Crippen MR) is 78.0 cm³/mol. The Balaban J connectivity index is 1.97. The molecule has 1 aliphatic rings. The van der Waals surface area contributed by atoms with Crippen molar-refractivity contribution in [3.05, 3.63) is 29.3 Å². The van der Waals surface area contributed by atoms with E-state index in [0.717, 1.165) is 12.1 Å². The molecule has 1 aromatic carbocycles. The molecule has 4 heteroatoms. The molecular formula is C14H20N2OS. The maximum Gasteiger partial charge on any atom is 0.251 e. The fourth-order valence-corrected chi connectivity index (χ4v) is 3.37. The van der Waals surface area contributed by atoms with Gasteiger partial charge in [0, 0.05) is 22.5 Å². The van der Waals surface area contributed by atoms with Crippen LogP contribution in [0.3, 0.4) is 0 Å². The highest BCUT2D eigenvalue weighted by Crippen LogP contribution is 2.36. The van der Waals surface area contributed by atoms with Crippen molar-refractivity contribution >= 4 is 23.4 Å². The van der Waals surface area contributed by atoms with Gasteiger partial charge in [-0.15, -0.1) is 0 Å². The molecule has 0 saturated carbocycles. The van der Waals surface area contributed by atoms with Crippen molar-refractivity contribution in [2.24, 2.45) is 0 Å². The minimum absolute atomic E-state index is 0.0320. The average molecular weight is 264 g/mol. The fourth-order valence-electron chi connectivity index (χ4n) is 2.13. The van der Waals surface area contributed by atoms with Gasteiger partial charge in [-0.2, -0.15) is 11.8 Å². The summed E-state index contributed by atoms with van der Waals surface area (Å²) in [5, 5.41) is 3.01. The number of hydrogen-bond acceptors (Lipinski definition) is 3. The molecular weight excluding hydrogens is 244 g/mol. The normalized spacial score (nSPS) is 23.0. The van der Waals surface area contributed by atoms with Crippen LogP contribution in [0, 0.1) is 6.92 Å². The second-order valence-electron chi connectivity index (χ2n) is 5.16. The van der Waals surface area contributed by atoms with Crippen molar-refractivity contribution in [3.8, 4) is 0 Å². The van der Waals surface area contributed by atoms with Crippen molar-refractivity contribution in [3.63, 3.8) is 0 Å². The molecule has 1 saturated heterocycles. The van der Waals surface area contributed by atoms with E-state index in [2.05, 4.69) is 12.2 Å². The first-order chi connectivity index (χ1) is 8.50. The second-order valence-corrected chi connectivity index (χ2v) is 6.84. The first-order valence-electron chi connectivity index (χ1n) is 6.28. The Morgan fingerprint density at radius 1 is 1.56 bits per heavy atom. The summed E-state index contributed by atoms with van der Waals surface area (Å²) in [7, 11) is 0. The minimum Gasteiger partial charge on any atom is -0.398 e. The van der Waals surface area contributed by atoms with Gasteiger partial charge in [-0.25, -0.2) is 0 Å². The molecule has 1 aromatic rings. The number of carbonyl (C=O) groups is 1. The van der Waals surface area contributed by atoms with Crippen molar-refractivity contribution in [2.45, 2.75) is 31.4 Å². The zero-order chi connectivity index (χ0) is 13.2. The fraction of sp³-hybridized carbons (Fsp3) is 0.500. The second kappa shape index (κ2) is 5.22. The topological polar surface area (TPSA) is 55.1 Å². The van der Waals surface area contributed by atoms with Crippen molar-refractivity contribution in [1.29, 1.82) is 0 Å². The average Bonchev–Trinajstić information content (AvgIpc) is 2.77. The van der Waals surface area contributed by atoms with Crippen LogP contribution in [0.25, 0.3) is 0 Å². The lowest BCUT2D eigenvalue weighted by Crippen LogP contribution is -2.36. The molecule has 0 bridgehead atoms. The van der Waals surface area contributed by atoms with Gasteiger partial charge in [-0.05, 0) is 50.1 Å². The largest absolute Gasteiger partial charge is 0.398 e. The highest BCUT2D eigenvalue weighted by atomic mass is 32.2. The van der Waals surface area contributed by atoms with Gasteiger partial charge in [0.25, 0.3) is 5.91 Å². The highest BCUT2D eigenvalue weighted by Gasteiger charge is 2.29. The first-order valence-corrected chi connectivity index (χ1v) is 7.27. The van der Waals surface area contributed by atoms with Gasteiger partial charge in [-0.1, -0.05) is 6.07 Å². The van der Waals surface area contributed by atoms with Crippen LogP contribution in [-0.4, -0.2) is 23.0 Å². The summed E-state index contributed by atoms with van der Waals surface area (Å²) < 4.78 is 0.200. The van der Waals surface area contributed by atoms with Crippen molar-refractivity contribution in [1.82, 2.24) is 5.32 Å². The van der Waals surface area contributed by atoms with Crippen LogP contribution in [0.2, 0.25) is 0 Å². The summed E-state index contributed by atoms with van der Waals surface area (Å²) in [6.07, 6.45) is 2.42. The summed E-state index contributed by atoms with van der Waals surface area (Å²) >= 11 is 1.95. The Kier molecular flexibility index (Phi) is 3.85. The third kappa shape index (κ3) is 2.99. The molecule has 3 N–H and O–H groups in total. The van der Waals surface area contributed by atoms with Gasteiger partial charge >= 0.3 is 0 Å². The van der Waals surface area contributed by atoms with Gasteiger partial charge in [0.1, 0.15) is 0 Å². The molecule has 1 aliphatic heterocycles. The standard InChI is InChI=1S/C14H20N2OS/c1-10-4-5-11(8-12(10)15)13(17)16-9-14(2)6-3-7-18-14/h4-5,8H,3,6-7,9,15H2,1-2H3,(H,16,17). The molecule has 98 valence electrons. The van der Waals surface area contributed by atoms with E-state index >= 15 is 0 Å². The number of thioether (sulfide) groups is 1. The number of hydrogen-bond donors (Lipinski definition) is 2. The lowest BCUT2D eigenvalue weighted by Gasteiger charge is -2.22. The molecule has 1 unspecified atom stereocenters. The van der Waals surface area contributed by atoms with E-state index in [4.69, 9.17) is 5.73 Å². The summed E-state index contributed by atoms with van der Waals surface area (Å²) in [5.41, 5.74) is 8.14. The number of carbonyl (C=O) groups excluding carboxylic acids is 1. The number of nitrogens with one attached hydrogen (secondary N) is 1. The lowest BCUT2D eigenvalue weighted by atomic mass is 10.1. The molecule has 0 aliphatic carbocycles. The number of benzene rings is 1. The Hall–Kier alpha value is -1.16. The Morgan fingerprint density at radius 3 is 2.94 bits per heavy atom. The van der Waals surface area contributed by atoms with Crippen LogP contribution >= 0.6 is 11.8 Å². The molecule has 1 amide bonds. The van der Waals surface area contributed by atoms with Crippen LogP contribution < -0.4 is 11.1 Å². The summed E-state index contributed by atoms with van der Waals surface area (Å²) in [5.74, 6) is 1.17. The minimum atomic E-state index is -0.0320. The van der Waals surface area contributed by atoms with Crippen LogP contribution in [0.1, 0.15) is 35.7 Å². The molecule has 18 heavy (non-hydrogen) atoms. The highest BCUT2D eigenvalue weighted by molar-refractivity contribution is 8.00. The van der Waals surface area contributed by atoms with Gasteiger partial charge in [0.05, 0.1) is 0 Å². The third-order valence-electron chi connectivity index (χ3n) is 3.46. The first kappa shape index (κ1) is 13.3. The Morgan fingerprint density at radius 2 is 2.33 bits per heavy atom. The number of nitrogen functional groups attached to an aromatic ring is 1. The predicted octanol–water partition coefficient (Wildman–Crippen LogP) is 2.59. The number of anilines is 1. The van der Waals surface area contributed by atoms with E-state index in [1.807, 2.05) is 30.8 Å². The van der Waals surface area contributed by atoms with Gasteiger partial charge in [0.2, 0.25) is 0 Å². The van der Waals surface area contributed by atoms with Crippen LogP contribution in [0.5, 0.6) is 0 Å². The third-order valence-corrected chi connectivity index (χ3v) is 5.00. The molecule has 0 spiro atoms. The Bertz CT molecular complexity index is 453. The summed E-state index contributed by atoms with van der Waals surface area (Å²) in [6.45, 7) is 4.88. The number of nitrogens with two attached hydrogens (primary N) is 1. The molecule has 3 nitrogen and oxygen atoms in total. The van der Waals surface area contributed by atoms with Gasteiger partial charge in [0.15, 0.2) is 0 Å². The maximum absolute atomic E-state index is 12.0. The number of rotatable bonds is 3. The number of amides is 1. The molecule has 1 fully saturated rings. The van der Waals surface area contributed by atoms with E-state index in [1.165, 1.54) is 18.6 Å². The van der Waals surface area contributed by atoms with Gasteiger partial charge < -0.3 is 11.1 Å². The SMILES string of the molecule is Cc1ccc(C(=O)NCC2(C)CCCS2)cc1N. The van der Waals surface area contributed by atoms with E-state index < -0.39 is 0 Å². The van der Waals surface area contributed by atoms with Crippen molar-refractivity contribution in [2.75, 3.05) is 18.0 Å². The molecule has 2 rings (SSSR count). The summed E-state index contributed by atoms with van der Waals surface area (Å²) in [6, 6.07) is 5.45.